The minimum atomic E-state index is -3.92. The maximum Gasteiger partial charge on any atom is 0.264 e. The fourth-order valence-corrected chi connectivity index (χ4v) is 5.17. The van der Waals surface area contributed by atoms with E-state index in [0.29, 0.717) is 11.6 Å². The highest BCUT2D eigenvalue weighted by atomic mass is 32.2. The first kappa shape index (κ1) is 23.5. The Balaban J connectivity index is 1.92. The van der Waals surface area contributed by atoms with Crippen molar-refractivity contribution in [1.29, 1.82) is 0 Å². The Morgan fingerprint density at radius 1 is 0.875 bits per heavy atom. The largest absolute Gasteiger partial charge is 0.348 e. The molecule has 0 fully saturated rings. The average Bonchev–Trinajstić information content (AvgIpc) is 2.78. The second-order valence-electron chi connectivity index (χ2n) is 8.27. The summed E-state index contributed by atoms with van der Waals surface area (Å²) in [6.07, 6.45) is 0.756. The van der Waals surface area contributed by atoms with Crippen LogP contribution in [0.15, 0.2) is 89.8 Å². The number of nitrogens with one attached hydrogen (secondary N) is 1. The van der Waals surface area contributed by atoms with Crippen molar-refractivity contribution in [3.8, 4) is 0 Å². The molecule has 5 nitrogen and oxygen atoms in total. The molecule has 0 bridgehead atoms. The summed E-state index contributed by atoms with van der Waals surface area (Å²) < 4.78 is 28.2. The summed E-state index contributed by atoms with van der Waals surface area (Å²) in [6, 6.07) is 25.0. The van der Waals surface area contributed by atoms with E-state index in [1.54, 1.807) is 42.5 Å². The van der Waals surface area contributed by atoms with Crippen LogP contribution in [0.3, 0.4) is 0 Å². The zero-order chi connectivity index (χ0) is 23.1. The van der Waals surface area contributed by atoms with Gasteiger partial charge in [-0.3, -0.25) is 9.10 Å². The minimum Gasteiger partial charge on any atom is -0.348 e. The van der Waals surface area contributed by atoms with E-state index in [4.69, 9.17) is 0 Å². The molecule has 3 rings (SSSR count). The quantitative estimate of drug-likeness (QED) is 0.494. The molecule has 0 saturated carbocycles. The lowest BCUT2D eigenvalue weighted by atomic mass is 9.97. The van der Waals surface area contributed by atoms with Crippen LogP contribution in [0.1, 0.15) is 37.4 Å². The standard InChI is InChI=1S/C26H30N2O3S/c1-20(2)18-24(22-13-6-4-7-14-22)27-26(29)19-28(25-17-11-10-12-21(25)3)32(30,31)23-15-8-5-9-16-23/h4-17,20,24H,18-19H2,1-3H3,(H,27,29)/t24-/m1/s1. The number of carbonyl (C=O) groups excluding carboxylic acids is 1. The van der Waals surface area contributed by atoms with E-state index in [0.717, 1.165) is 17.5 Å². The van der Waals surface area contributed by atoms with Crippen molar-refractivity contribution in [2.75, 3.05) is 10.8 Å². The third-order valence-electron chi connectivity index (χ3n) is 5.25. The molecule has 0 aliphatic rings. The van der Waals surface area contributed by atoms with Crippen LogP contribution in [0, 0.1) is 12.8 Å². The highest BCUT2D eigenvalue weighted by molar-refractivity contribution is 7.92. The summed E-state index contributed by atoms with van der Waals surface area (Å²) in [7, 11) is -3.92. The molecule has 1 N–H and O–H groups in total. The predicted octanol–water partition coefficient (Wildman–Crippen LogP) is 5.09. The number of nitrogens with zero attached hydrogens (tertiary/aromatic N) is 1. The zero-order valence-corrected chi connectivity index (χ0v) is 19.5. The maximum absolute atomic E-state index is 13.5. The van der Waals surface area contributed by atoms with E-state index in [-0.39, 0.29) is 23.4 Å². The van der Waals surface area contributed by atoms with Crippen LogP contribution in [0.2, 0.25) is 0 Å². The normalized spacial score (nSPS) is 12.4. The average molecular weight is 451 g/mol. The molecule has 1 atom stereocenters. The number of carbonyl (C=O) groups is 1. The second kappa shape index (κ2) is 10.5. The van der Waals surface area contributed by atoms with Crippen LogP contribution >= 0.6 is 0 Å². The SMILES string of the molecule is Cc1ccccc1N(CC(=O)N[C@H](CC(C)C)c1ccccc1)S(=O)(=O)c1ccccc1. The first-order valence-electron chi connectivity index (χ1n) is 10.8. The van der Waals surface area contributed by atoms with Crippen molar-refractivity contribution < 1.29 is 13.2 Å². The van der Waals surface area contributed by atoms with Gasteiger partial charge in [0.25, 0.3) is 10.0 Å². The van der Waals surface area contributed by atoms with Crippen LogP contribution in [-0.4, -0.2) is 20.9 Å². The summed E-state index contributed by atoms with van der Waals surface area (Å²) in [5.74, 6) is 0.0169. The number of benzene rings is 3. The Hall–Kier alpha value is -3.12. The number of hydrogen-bond donors (Lipinski definition) is 1. The molecule has 0 aromatic heterocycles. The van der Waals surface area contributed by atoms with Crippen LogP contribution in [-0.2, 0) is 14.8 Å². The molecule has 168 valence electrons. The van der Waals surface area contributed by atoms with Gasteiger partial charge in [0, 0.05) is 0 Å². The van der Waals surface area contributed by atoms with Crippen molar-refractivity contribution in [1.82, 2.24) is 5.32 Å². The number of aryl methyl sites for hydroxylation is 1. The lowest BCUT2D eigenvalue weighted by Crippen LogP contribution is -2.42. The van der Waals surface area contributed by atoms with Gasteiger partial charge in [0.15, 0.2) is 0 Å². The van der Waals surface area contributed by atoms with Gasteiger partial charge in [0.05, 0.1) is 16.6 Å². The van der Waals surface area contributed by atoms with E-state index in [2.05, 4.69) is 19.2 Å². The fraction of sp³-hybridized carbons (Fsp3) is 0.269. The first-order chi connectivity index (χ1) is 15.3. The van der Waals surface area contributed by atoms with Crippen molar-refractivity contribution in [2.45, 2.75) is 38.1 Å². The summed E-state index contributed by atoms with van der Waals surface area (Å²) in [5, 5.41) is 3.06. The lowest BCUT2D eigenvalue weighted by Gasteiger charge is -2.27. The molecule has 0 aliphatic heterocycles. The van der Waals surface area contributed by atoms with Gasteiger partial charge in [0.2, 0.25) is 5.91 Å². The topological polar surface area (TPSA) is 66.5 Å². The molecule has 0 aliphatic carbocycles. The molecule has 1 amide bonds. The van der Waals surface area contributed by atoms with Gasteiger partial charge in [0.1, 0.15) is 6.54 Å². The van der Waals surface area contributed by atoms with E-state index in [1.807, 2.05) is 49.4 Å². The number of anilines is 1. The molecule has 32 heavy (non-hydrogen) atoms. The van der Waals surface area contributed by atoms with Gasteiger partial charge in [-0.05, 0) is 48.6 Å². The Kier molecular flexibility index (Phi) is 7.70. The van der Waals surface area contributed by atoms with Crippen molar-refractivity contribution in [2.24, 2.45) is 5.92 Å². The third kappa shape index (κ3) is 5.77. The molecule has 0 unspecified atom stereocenters. The van der Waals surface area contributed by atoms with Crippen molar-refractivity contribution >= 4 is 21.6 Å². The van der Waals surface area contributed by atoms with Gasteiger partial charge >= 0.3 is 0 Å². The zero-order valence-electron chi connectivity index (χ0n) is 18.7. The number of para-hydroxylation sites is 1. The summed E-state index contributed by atoms with van der Waals surface area (Å²) in [4.78, 5) is 13.3. The number of sulfonamides is 1. The van der Waals surface area contributed by atoms with E-state index < -0.39 is 10.0 Å². The molecule has 3 aromatic rings. The van der Waals surface area contributed by atoms with Crippen LogP contribution in [0.5, 0.6) is 0 Å². The highest BCUT2D eigenvalue weighted by Crippen LogP contribution is 2.27. The maximum atomic E-state index is 13.5. The summed E-state index contributed by atoms with van der Waals surface area (Å²) >= 11 is 0. The van der Waals surface area contributed by atoms with Crippen molar-refractivity contribution in [3.63, 3.8) is 0 Å². The lowest BCUT2D eigenvalue weighted by molar-refractivity contribution is -0.120. The summed E-state index contributed by atoms with van der Waals surface area (Å²) in [6.45, 7) is 5.74. The van der Waals surface area contributed by atoms with Gasteiger partial charge < -0.3 is 5.32 Å². The Morgan fingerprint density at radius 3 is 2.03 bits per heavy atom. The van der Waals surface area contributed by atoms with E-state index >= 15 is 0 Å². The molecular weight excluding hydrogens is 420 g/mol. The minimum absolute atomic E-state index is 0.151. The molecule has 0 spiro atoms. The molecule has 0 radical (unpaired) electrons. The number of amides is 1. The van der Waals surface area contributed by atoms with E-state index in [1.165, 1.54) is 4.31 Å². The third-order valence-corrected chi connectivity index (χ3v) is 7.02. The van der Waals surface area contributed by atoms with Gasteiger partial charge in [-0.1, -0.05) is 80.6 Å². The van der Waals surface area contributed by atoms with E-state index in [9.17, 15) is 13.2 Å². The Bertz CT molecular complexity index is 1130. The molecule has 0 heterocycles. The smallest absolute Gasteiger partial charge is 0.264 e. The van der Waals surface area contributed by atoms with Gasteiger partial charge in [-0.15, -0.1) is 0 Å². The number of hydrogen-bond acceptors (Lipinski definition) is 3. The van der Waals surface area contributed by atoms with Crippen LogP contribution in [0.4, 0.5) is 5.69 Å². The van der Waals surface area contributed by atoms with Crippen LogP contribution in [0.25, 0.3) is 0 Å². The number of rotatable bonds is 9. The van der Waals surface area contributed by atoms with Gasteiger partial charge in [-0.25, -0.2) is 8.42 Å². The molecule has 0 saturated heterocycles. The Labute approximate surface area is 191 Å². The monoisotopic (exact) mass is 450 g/mol. The molecular formula is C26H30N2O3S. The highest BCUT2D eigenvalue weighted by Gasteiger charge is 2.29. The summed E-state index contributed by atoms with van der Waals surface area (Å²) in [5.41, 5.74) is 2.27. The van der Waals surface area contributed by atoms with Crippen molar-refractivity contribution in [3.05, 3.63) is 96.1 Å². The predicted molar refractivity (Wildman–Crippen MR) is 129 cm³/mol. The molecule has 6 heteroatoms. The second-order valence-corrected chi connectivity index (χ2v) is 10.1. The Morgan fingerprint density at radius 2 is 1.44 bits per heavy atom. The molecule has 3 aromatic carbocycles. The van der Waals surface area contributed by atoms with Gasteiger partial charge in [-0.2, -0.15) is 0 Å². The van der Waals surface area contributed by atoms with Crippen LogP contribution < -0.4 is 9.62 Å². The fourth-order valence-electron chi connectivity index (χ4n) is 3.67. The first-order valence-corrected chi connectivity index (χ1v) is 12.2.